The molecular weight excluding hydrogens is 364 g/mol. The maximum Gasteiger partial charge on any atom is 0.131 e. The van der Waals surface area contributed by atoms with Crippen molar-refractivity contribution in [2.75, 3.05) is 6.54 Å². The van der Waals surface area contributed by atoms with E-state index in [9.17, 15) is 0 Å². The lowest BCUT2D eigenvalue weighted by Crippen LogP contribution is -2.31. The van der Waals surface area contributed by atoms with Crippen LogP contribution in [0.4, 0.5) is 0 Å². The van der Waals surface area contributed by atoms with Gasteiger partial charge in [-0.1, -0.05) is 31.4 Å². The van der Waals surface area contributed by atoms with Gasteiger partial charge in [0.05, 0.1) is 16.3 Å². The van der Waals surface area contributed by atoms with Gasteiger partial charge in [0, 0.05) is 49.4 Å². The van der Waals surface area contributed by atoms with Gasteiger partial charge in [-0.25, -0.2) is 9.97 Å². The number of hydrogen-bond acceptors (Lipinski definition) is 5. The predicted molar refractivity (Wildman–Crippen MR) is 113 cm³/mol. The topological polar surface area (TPSA) is 41.9 Å². The van der Waals surface area contributed by atoms with Crippen LogP contribution in [-0.4, -0.2) is 26.4 Å². The van der Waals surface area contributed by atoms with Gasteiger partial charge in [-0.05, 0) is 36.4 Å². The summed E-state index contributed by atoms with van der Waals surface area (Å²) in [5.41, 5.74) is 4.77. The zero-order chi connectivity index (χ0) is 18.8. The van der Waals surface area contributed by atoms with Crippen LogP contribution in [0.5, 0.6) is 0 Å². The van der Waals surface area contributed by atoms with E-state index in [4.69, 9.17) is 15.0 Å². The number of aromatic nitrogens is 3. The molecule has 0 radical (unpaired) electrons. The van der Waals surface area contributed by atoms with Gasteiger partial charge in [-0.2, -0.15) is 0 Å². The van der Waals surface area contributed by atoms with Gasteiger partial charge in [0.25, 0.3) is 0 Å². The van der Waals surface area contributed by atoms with Crippen LogP contribution in [0.2, 0.25) is 0 Å². The van der Waals surface area contributed by atoms with Crippen molar-refractivity contribution in [3.63, 3.8) is 0 Å². The smallest absolute Gasteiger partial charge is 0.131 e. The summed E-state index contributed by atoms with van der Waals surface area (Å²) in [5.74, 6) is 1.68. The Morgan fingerprint density at radius 1 is 1.04 bits per heavy atom. The summed E-state index contributed by atoms with van der Waals surface area (Å²) < 4.78 is 0. The molecule has 4 nitrogen and oxygen atoms in total. The van der Waals surface area contributed by atoms with E-state index in [0.717, 1.165) is 43.3 Å². The number of rotatable bonds is 4. The predicted octanol–water partition coefficient (Wildman–Crippen LogP) is 5.21. The number of pyridine rings is 1. The van der Waals surface area contributed by atoms with Crippen LogP contribution in [0.1, 0.15) is 60.8 Å². The molecule has 0 bridgehead atoms. The van der Waals surface area contributed by atoms with Crippen molar-refractivity contribution in [2.24, 2.45) is 0 Å². The maximum absolute atomic E-state index is 4.97. The Morgan fingerprint density at radius 2 is 1.96 bits per heavy atom. The average Bonchev–Trinajstić information content (AvgIpc) is 3.29. The first-order chi connectivity index (χ1) is 13.8. The summed E-state index contributed by atoms with van der Waals surface area (Å²) in [4.78, 5) is 18.3. The molecule has 1 aliphatic heterocycles. The average molecular weight is 391 g/mol. The van der Waals surface area contributed by atoms with Crippen molar-refractivity contribution in [2.45, 2.75) is 57.5 Å². The van der Waals surface area contributed by atoms with Crippen LogP contribution in [-0.2, 0) is 19.5 Å². The van der Waals surface area contributed by atoms with E-state index in [0.29, 0.717) is 5.92 Å². The van der Waals surface area contributed by atoms with Gasteiger partial charge in [0.2, 0.25) is 0 Å². The van der Waals surface area contributed by atoms with E-state index in [-0.39, 0.29) is 0 Å². The van der Waals surface area contributed by atoms with Crippen molar-refractivity contribution in [1.82, 2.24) is 19.9 Å². The Hall–Kier alpha value is -2.11. The van der Waals surface area contributed by atoms with Gasteiger partial charge in [-0.3, -0.25) is 9.88 Å². The Kier molecular flexibility index (Phi) is 5.19. The summed E-state index contributed by atoms with van der Waals surface area (Å²) in [5, 5.41) is 2.10. The molecule has 3 aromatic heterocycles. The van der Waals surface area contributed by atoms with Crippen LogP contribution >= 0.6 is 11.3 Å². The van der Waals surface area contributed by atoms with Crippen molar-refractivity contribution >= 4 is 11.3 Å². The Morgan fingerprint density at radius 3 is 2.82 bits per heavy atom. The molecule has 1 fully saturated rings. The third-order valence-electron chi connectivity index (χ3n) is 5.97. The molecule has 0 N–H and O–H groups in total. The minimum absolute atomic E-state index is 0.585. The normalized spacial score (nSPS) is 18.1. The Balaban J connectivity index is 1.28. The van der Waals surface area contributed by atoms with Crippen molar-refractivity contribution in [3.05, 3.63) is 64.7 Å². The summed E-state index contributed by atoms with van der Waals surface area (Å²) in [6, 6.07) is 10.6. The van der Waals surface area contributed by atoms with E-state index in [1.54, 1.807) is 11.3 Å². The lowest BCUT2D eigenvalue weighted by Gasteiger charge is -2.28. The molecule has 0 atom stereocenters. The number of hydrogen-bond donors (Lipinski definition) is 0. The van der Waals surface area contributed by atoms with Gasteiger partial charge < -0.3 is 0 Å². The zero-order valence-corrected chi connectivity index (χ0v) is 17.0. The molecule has 5 heteroatoms. The summed E-state index contributed by atoms with van der Waals surface area (Å²) in [7, 11) is 0. The fourth-order valence-electron chi connectivity index (χ4n) is 4.44. The van der Waals surface area contributed by atoms with Crippen LogP contribution in [0.15, 0.2) is 41.9 Å². The molecule has 144 valence electrons. The van der Waals surface area contributed by atoms with E-state index < -0.39 is 0 Å². The number of fused-ring (bicyclic) bond motifs is 1. The van der Waals surface area contributed by atoms with E-state index in [1.165, 1.54) is 48.2 Å². The molecule has 4 heterocycles. The third-order valence-corrected chi connectivity index (χ3v) is 6.86. The molecule has 5 rings (SSSR count). The van der Waals surface area contributed by atoms with E-state index >= 15 is 0 Å². The highest BCUT2D eigenvalue weighted by molar-refractivity contribution is 7.13. The largest absolute Gasteiger partial charge is 0.293 e. The van der Waals surface area contributed by atoms with Crippen molar-refractivity contribution < 1.29 is 0 Å². The van der Waals surface area contributed by atoms with E-state index in [2.05, 4.69) is 46.8 Å². The lowest BCUT2D eigenvalue weighted by atomic mass is 9.88. The highest BCUT2D eigenvalue weighted by Gasteiger charge is 2.23. The van der Waals surface area contributed by atoms with Gasteiger partial charge >= 0.3 is 0 Å². The zero-order valence-electron chi connectivity index (χ0n) is 16.2. The minimum Gasteiger partial charge on any atom is -0.293 e. The molecule has 1 aliphatic carbocycles. The fourth-order valence-corrected chi connectivity index (χ4v) is 5.14. The standard InChI is InChI=1S/C23H26N4S/c1-2-6-17(7-3-1)23-24-14-18-15-27(12-11-20(18)26-23)16-19-8-4-9-21(25-19)22-10-5-13-28-22/h4-5,8-10,13-14,17H,1-3,6-7,11-12,15-16H2. The molecule has 0 unspecified atom stereocenters. The third kappa shape index (κ3) is 3.87. The maximum atomic E-state index is 4.97. The van der Waals surface area contributed by atoms with E-state index in [1.807, 2.05) is 0 Å². The molecule has 0 spiro atoms. The second-order valence-electron chi connectivity index (χ2n) is 7.99. The quantitative estimate of drug-likeness (QED) is 0.613. The number of nitrogens with zero attached hydrogens (tertiary/aromatic N) is 4. The Labute approximate surface area is 170 Å². The highest BCUT2D eigenvalue weighted by Crippen LogP contribution is 2.31. The second-order valence-corrected chi connectivity index (χ2v) is 8.93. The first kappa shape index (κ1) is 18.0. The lowest BCUT2D eigenvalue weighted by molar-refractivity contribution is 0.239. The molecule has 3 aromatic rings. The fraction of sp³-hybridized carbons (Fsp3) is 0.435. The van der Waals surface area contributed by atoms with Crippen LogP contribution in [0.25, 0.3) is 10.6 Å². The van der Waals surface area contributed by atoms with Crippen LogP contribution < -0.4 is 0 Å². The molecule has 0 aromatic carbocycles. The number of thiophene rings is 1. The first-order valence-corrected chi connectivity index (χ1v) is 11.3. The van der Waals surface area contributed by atoms with Crippen LogP contribution in [0.3, 0.4) is 0 Å². The van der Waals surface area contributed by atoms with Crippen molar-refractivity contribution in [1.29, 1.82) is 0 Å². The minimum atomic E-state index is 0.585. The molecular formula is C23H26N4S. The van der Waals surface area contributed by atoms with Crippen LogP contribution in [0, 0.1) is 0 Å². The SMILES string of the molecule is c1cc(CN2CCc3nc(C4CCCCC4)ncc3C2)nc(-c2cccs2)c1. The van der Waals surface area contributed by atoms with Gasteiger partial charge in [-0.15, -0.1) is 11.3 Å². The Bertz CT molecular complexity index is 932. The molecule has 0 saturated heterocycles. The highest BCUT2D eigenvalue weighted by atomic mass is 32.1. The first-order valence-electron chi connectivity index (χ1n) is 10.4. The molecule has 1 saturated carbocycles. The summed E-state index contributed by atoms with van der Waals surface area (Å²) in [6.07, 6.45) is 9.66. The van der Waals surface area contributed by atoms with Crippen molar-refractivity contribution in [3.8, 4) is 10.6 Å². The monoisotopic (exact) mass is 390 g/mol. The summed E-state index contributed by atoms with van der Waals surface area (Å²) >= 11 is 1.74. The second kappa shape index (κ2) is 8.10. The summed E-state index contributed by atoms with van der Waals surface area (Å²) in [6.45, 7) is 2.84. The van der Waals surface area contributed by atoms with Gasteiger partial charge in [0.1, 0.15) is 5.82 Å². The van der Waals surface area contributed by atoms with Gasteiger partial charge in [0.15, 0.2) is 0 Å². The molecule has 2 aliphatic rings. The molecule has 28 heavy (non-hydrogen) atoms. The molecule has 0 amide bonds.